The van der Waals surface area contributed by atoms with Crippen LogP contribution in [0, 0.1) is 23.7 Å². The molecule has 0 aromatic rings. The predicted octanol–water partition coefficient (Wildman–Crippen LogP) is 2.35. The molecule has 0 bridgehead atoms. The third kappa shape index (κ3) is 23.8. The lowest BCUT2D eigenvalue weighted by Gasteiger charge is -2.27. The van der Waals surface area contributed by atoms with Crippen LogP contribution < -0.4 is 31.9 Å². The Hall–Kier alpha value is -4.05. The summed E-state index contributed by atoms with van der Waals surface area (Å²) in [5.41, 5.74) is 0. The quantitative estimate of drug-likeness (QED) is 0.120. The van der Waals surface area contributed by atoms with Gasteiger partial charge in [0.05, 0.1) is 44.9 Å². The fraction of sp³-hybridized carbons (Fsp3) is 0.775. The van der Waals surface area contributed by atoms with Crippen LogP contribution in [0.1, 0.15) is 114 Å². The van der Waals surface area contributed by atoms with Gasteiger partial charge in [-0.25, -0.2) is 0 Å². The number of carboxylic acids is 1. The zero-order valence-electron chi connectivity index (χ0n) is 35.0. The Morgan fingerprint density at radius 1 is 0.750 bits per heavy atom. The van der Waals surface area contributed by atoms with Gasteiger partial charge in [-0.2, -0.15) is 0 Å². The SMILES string of the molecule is CC(=O)N[C@H](CC(=O)N[C@H]1COC/C=C/COC[C@@H](CC(=O)N[C@@H](CC(=O)O)CC(C)C)NC(=O)C[C@H](C(C)C)NC(=O)C[C@H](CC(C)C)NC(=O)C1)C(C)C. The van der Waals surface area contributed by atoms with E-state index in [0.29, 0.717) is 12.8 Å². The van der Waals surface area contributed by atoms with Crippen LogP contribution in [0.15, 0.2) is 12.2 Å². The first-order chi connectivity index (χ1) is 26.2. The Morgan fingerprint density at radius 2 is 1.34 bits per heavy atom. The fourth-order valence-corrected chi connectivity index (χ4v) is 6.38. The molecule has 6 atom stereocenters. The second-order valence-electron chi connectivity index (χ2n) is 16.5. The number of hydrogen-bond acceptors (Lipinski definition) is 9. The normalized spacial score (nSPS) is 22.9. The molecule has 6 amide bonds. The molecular weight excluding hydrogens is 724 g/mol. The summed E-state index contributed by atoms with van der Waals surface area (Å²) in [6, 6.07) is -3.50. The van der Waals surface area contributed by atoms with Crippen molar-refractivity contribution in [2.75, 3.05) is 26.4 Å². The average Bonchev–Trinajstić information content (AvgIpc) is 3.03. The number of ether oxygens (including phenoxy) is 2. The van der Waals surface area contributed by atoms with Gasteiger partial charge in [-0.05, 0) is 36.5 Å². The van der Waals surface area contributed by atoms with Crippen LogP contribution in [-0.2, 0) is 43.0 Å². The molecule has 0 saturated carbocycles. The van der Waals surface area contributed by atoms with E-state index in [-0.39, 0.29) is 112 Å². The first-order valence-corrected chi connectivity index (χ1v) is 20.0. The van der Waals surface area contributed by atoms with E-state index in [1.54, 1.807) is 12.2 Å². The zero-order valence-corrected chi connectivity index (χ0v) is 35.0. The molecule has 16 heteroatoms. The number of carboxylic acid groups (broad SMARTS) is 1. The van der Waals surface area contributed by atoms with Crippen molar-refractivity contribution in [2.24, 2.45) is 23.7 Å². The lowest BCUT2D eigenvalue weighted by atomic mass is 9.97. The Morgan fingerprint density at radius 3 is 1.89 bits per heavy atom. The van der Waals surface area contributed by atoms with Crippen molar-refractivity contribution in [1.82, 2.24) is 31.9 Å². The van der Waals surface area contributed by atoms with Gasteiger partial charge >= 0.3 is 5.97 Å². The molecule has 0 unspecified atom stereocenters. The highest BCUT2D eigenvalue weighted by molar-refractivity contribution is 5.83. The first kappa shape index (κ1) is 50.0. The van der Waals surface area contributed by atoms with Crippen LogP contribution in [-0.4, -0.2) is 109 Å². The Balaban J connectivity index is 3.27. The minimum Gasteiger partial charge on any atom is -0.481 e. The number of amides is 6. The van der Waals surface area contributed by atoms with Crippen LogP contribution >= 0.6 is 0 Å². The lowest BCUT2D eigenvalue weighted by molar-refractivity contribution is -0.138. The number of hydrogen-bond donors (Lipinski definition) is 7. The highest BCUT2D eigenvalue weighted by atomic mass is 16.5. The second-order valence-corrected chi connectivity index (χ2v) is 16.5. The van der Waals surface area contributed by atoms with Gasteiger partial charge in [0.2, 0.25) is 35.4 Å². The molecule has 7 N–H and O–H groups in total. The van der Waals surface area contributed by atoms with Gasteiger partial charge in [0, 0.05) is 63.2 Å². The Labute approximate surface area is 333 Å². The van der Waals surface area contributed by atoms with Crippen molar-refractivity contribution in [2.45, 2.75) is 150 Å². The van der Waals surface area contributed by atoms with Crippen LogP contribution in [0.25, 0.3) is 0 Å². The summed E-state index contributed by atoms with van der Waals surface area (Å²) in [5.74, 6) is -3.03. The van der Waals surface area contributed by atoms with Crippen LogP contribution in [0.4, 0.5) is 0 Å². The number of nitrogens with one attached hydrogen (secondary N) is 6. The third-order valence-electron chi connectivity index (χ3n) is 9.08. The summed E-state index contributed by atoms with van der Waals surface area (Å²) in [6.45, 7) is 17.0. The molecule has 0 saturated heterocycles. The summed E-state index contributed by atoms with van der Waals surface area (Å²) in [7, 11) is 0. The highest BCUT2D eigenvalue weighted by Crippen LogP contribution is 2.14. The number of carbonyl (C=O) groups excluding carboxylic acids is 6. The van der Waals surface area contributed by atoms with E-state index >= 15 is 0 Å². The van der Waals surface area contributed by atoms with Crippen LogP contribution in [0.2, 0.25) is 0 Å². The first-order valence-electron chi connectivity index (χ1n) is 20.0. The van der Waals surface area contributed by atoms with E-state index in [4.69, 9.17) is 9.47 Å². The van der Waals surface area contributed by atoms with Gasteiger partial charge in [-0.1, -0.05) is 67.5 Å². The second kappa shape index (κ2) is 26.7. The van der Waals surface area contributed by atoms with Crippen molar-refractivity contribution in [3.05, 3.63) is 12.2 Å². The third-order valence-corrected chi connectivity index (χ3v) is 9.08. The van der Waals surface area contributed by atoms with Crippen LogP contribution in [0.5, 0.6) is 0 Å². The molecule has 0 aromatic carbocycles. The van der Waals surface area contributed by atoms with Gasteiger partial charge in [0.15, 0.2) is 0 Å². The predicted molar refractivity (Wildman–Crippen MR) is 212 cm³/mol. The minimum atomic E-state index is -1.03. The number of rotatable bonds is 15. The van der Waals surface area contributed by atoms with E-state index in [1.807, 2.05) is 55.4 Å². The van der Waals surface area contributed by atoms with Gasteiger partial charge in [0.1, 0.15) is 0 Å². The average molecular weight is 795 g/mol. The molecule has 56 heavy (non-hydrogen) atoms. The zero-order chi connectivity index (χ0) is 42.4. The summed E-state index contributed by atoms with van der Waals surface area (Å²) in [4.78, 5) is 89.5. The maximum Gasteiger partial charge on any atom is 0.305 e. The summed E-state index contributed by atoms with van der Waals surface area (Å²) < 4.78 is 11.6. The van der Waals surface area contributed by atoms with Gasteiger partial charge in [-0.15, -0.1) is 0 Å². The van der Waals surface area contributed by atoms with Crippen molar-refractivity contribution >= 4 is 41.4 Å². The minimum absolute atomic E-state index is 0.00510. The Bertz CT molecular complexity index is 1300. The number of carbonyl (C=O) groups is 7. The molecule has 1 rings (SSSR count). The highest BCUT2D eigenvalue weighted by Gasteiger charge is 2.28. The van der Waals surface area contributed by atoms with Gasteiger partial charge < -0.3 is 46.5 Å². The molecule has 0 aliphatic carbocycles. The summed E-state index contributed by atoms with van der Waals surface area (Å²) in [6.07, 6.45) is 3.80. The standard InChI is InChI=1S/C40H70N6O10/c1-24(2)14-29-16-37(50)46-34(27(7)8)21-39(52)45-32(18-36(49)43-30(15-25(3)4)19-40(53)54)23-56-13-11-10-12-55-22-31(17-35(48)42-29)44-38(51)20-33(26(5)6)41-28(9)47/h10-11,24-27,29-34H,12-23H2,1-9H3,(H,41,47)(H,42,48)(H,43,49)(H,44,51)(H,45,52)(H,46,50)(H,53,54)/b11-10+/t29-,30+,31+,32+,33+,34+/m0/s1. The maximum atomic E-state index is 13.4. The smallest absolute Gasteiger partial charge is 0.305 e. The van der Waals surface area contributed by atoms with Gasteiger partial charge in [0.25, 0.3) is 0 Å². The fourth-order valence-electron chi connectivity index (χ4n) is 6.38. The molecule has 0 radical (unpaired) electrons. The molecular formula is C40H70N6O10. The molecule has 16 nitrogen and oxygen atoms in total. The summed E-state index contributed by atoms with van der Waals surface area (Å²) >= 11 is 0. The van der Waals surface area contributed by atoms with Gasteiger partial charge in [-0.3, -0.25) is 33.6 Å². The van der Waals surface area contributed by atoms with Crippen molar-refractivity contribution in [1.29, 1.82) is 0 Å². The van der Waals surface area contributed by atoms with Crippen LogP contribution in [0.3, 0.4) is 0 Å². The molecule has 1 aliphatic heterocycles. The van der Waals surface area contributed by atoms with E-state index < -0.39 is 54.0 Å². The molecule has 0 spiro atoms. The number of aliphatic carboxylic acids is 1. The summed E-state index contributed by atoms with van der Waals surface area (Å²) in [5, 5.41) is 26.6. The molecule has 0 fully saturated rings. The van der Waals surface area contributed by atoms with Crippen molar-refractivity contribution in [3.8, 4) is 0 Å². The maximum absolute atomic E-state index is 13.4. The van der Waals surface area contributed by atoms with Crippen molar-refractivity contribution in [3.63, 3.8) is 0 Å². The van der Waals surface area contributed by atoms with E-state index in [1.165, 1.54) is 6.92 Å². The monoisotopic (exact) mass is 795 g/mol. The van der Waals surface area contributed by atoms with E-state index in [9.17, 15) is 38.7 Å². The molecule has 320 valence electrons. The topological polar surface area (TPSA) is 230 Å². The van der Waals surface area contributed by atoms with Crippen molar-refractivity contribution < 1.29 is 48.1 Å². The Kier molecular flexibility index (Phi) is 23.9. The molecule has 1 heterocycles. The molecule has 1 aliphatic rings. The van der Waals surface area contributed by atoms with E-state index in [0.717, 1.165) is 0 Å². The van der Waals surface area contributed by atoms with E-state index in [2.05, 4.69) is 31.9 Å². The molecule has 0 aromatic heterocycles. The lowest BCUT2D eigenvalue weighted by Crippen LogP contribution is -2.49. The largest absolute Gasteiger partial charge is 0.481 e.